The van der Waals surface area contributed by atoms with Gasteiger partial charge in [0.1, 0.15) is 0 Å². The Morgan fingerprint density at radius 3 is 1.50 bits per heavy atom. The minimum Gasteiger partial charge on any atom is -0.343 e. The Labute approximate surface area is 151 Å². The topological polar surface area (TPSA) is 20.3 Å². The first-order valence-electron chi connectivity index (χ1n) is 10.9. The van der Waals surface area contributed by atoms with Crippen LogP contribution in [0.3, 0.4) is 0 Å². The van der Waals surface area contributed by atoms with Crippen molar-refractivity contribution in [2.24, 2.45) is 5.92 Å². The molecule has 0 aromatic heterocycles. The van der Waals surface area contributed by atoms with Gasteiger partial charge in [0.15, 0.2) is 0 Å². The van der Waals surface area contributed by atoms with E-state index in [0.29, 0.717) is 11.8 Å². The van der Waals surface area contributed by atoms with E-state index in [1.807, 2.05) is 0 Å². The third-order valence-electron chi connectivity index (χ3n) is 6.38. The molecule has 1 saturated carbocycles. The zero-order valence-electron chi connectivity index (χ0n) is 16.5. The Balaban J connectivity index is 1.82. The van der Waals surface area contributed by atoms with Crippen molar-refractivity contribution in [1.29, 1.82) is 0 Å². The van der Waals surface area contributed by atoms with E-state index in [2.05, 4.69) is 18.0 Å². The van der Waals surface area contributed by atoms with Crippen LogP contribution in [0.25, 0.3) is 0 Å². The summed E-state index contributed by atoms with van der Waals surface area (Å²) in [6.45, 7) is 7.07. The summed E-state index contributed by atoms with van der Waals surface area (Å²) in [4.78, 5) is 15.3. The number of carbonyl (C=O) groups excluding carboxylic acids is 1. The molecule has 1 amide bonds. The normalized spacial score (nSPS) is 25.8. The zero-order valence-corrected chi connectivity index (χ0v) is 17.5. The molecule has 2 aliphatic rings. The summed E-state index contributed by atoms with van der Waals surface area (Å²) < 4.78 is 0. The Bertz CT molecular complexity index is 345. The summed E-state index contributed by atoms with van der Waals surface area (Å²) in [6, 6.07) is 2.62. The van der Waals surface area contributed by atoms with Crippen LogP contribution in [0.5, 0.6) is 0 Å². The molecule has 2 fully saturated rings. The standard InChI is InChI=1S/C21H41NOSi/c1-24(2)18-16-22(17-19-24)21(23)20-14-12-10-8-6-4-3-5-7-9-11-13-15-20/h20H,3-19H2,1-2H3. The van der Waals surface area contributed by atoms with Crippen molar-refractivity contribution in [2.75, 3.05) is 13.1 Å². The predicted molar refractivity (Wildman–Crippen MR) is 107 cm³/mol. The Morgan fingerprint density at radius 2 is 1.08 bits per heavy atom. The molecular formula is C21H41NOSi. The molecule has 1 aliphatic heterocycles. The van der Waals surface area contributed by atoms with Crippen LogP contribution < -0.4 is 0 Å². The van der Waals surface area contributed by atoms with Gasteiger partial charge in [0.2, 0.25) is 5.91 Å². The smallest absolute Gasteiger partial charge is 0.225 e. The largest absolute Gasteiger partial charge is 0.343 e. The maximum atomic E-state index is 13.0. The molecule has 140 valence electrons. The van der Waals surface area contributed by atoms with Crippen molar-refractivity contribution in [3.05, 3.63) is 0 Å². The lowest BCUT2D eigenvalue weighted by molar-refractivity contribution is -0.136. The highest BCUT2D eigenvalue weighted by Gasteiger charge is 2.31. The van der Waals surface area contributed by atoms with Gasteiger partial charge >= 0.3 is 0 Å². The molecule has 3 heteroatoms. The molecule has 0 spiro atoms. The van der Waals surface area contributed by atoms with Crippen molar-refractivity contribution >= 4 is 14.0 Å². The summed E-state index contributed by atoms with van der Waals surface area (Å²) in [7, 11) is -0.977. The highest BCUT2D eigenvalue weighted by atomic mass is 28.3. The Kier molecular flexibility index (Phi) is 8.86. The van der Waals surface area contributed by atoms with E-state index in [0.717, 1.165) is 25.9 Å². The molecule has 0 atom stereocenters. The number of hydrogen-bond donors (Lipinski definition) is 0. The highest BCUT2D eigenvalue weighted by molar-refractivity contribution is 6.77. The molecule has 1 heterocycles. The second-order valence-corrected chi connectivity index (χ2v) is 14.5. The van der Waals surface area contributed by atoms with Gasteiger partial charge in [-0.15, -0.1) is 0 Å². The third-order valence-corrected chi connectivity index (χ3v) is 9.54. The van der Waals surface area contributed by atoms with Crippen LogP contribution in [-0.4, -0.2) is 32.0 Å². The predicted octanol–water partition coefficient (Wildman–Crippen LogP) is 6.24. The van der Waals surface area contributed by atoms with E-state index >= 15 is 0 Å². The molecular weight excluding hydrogens is 310 g/mol. The highest BCUT2D eigenvalue weighted by Crippen LogP contribution is 2.27. The monoisotopic (exact) mass is 351 g/mol. The SMILES string of the molecule is C[Si]1(C)CCN(C(=O)C2CCCCCCCCCCCCC2)CC1. The molecule has 0 unspecified atom stereocenters. The lowest BCUT2D eigenvalue weighted by Crippen LogP contribution is -2.47. The lowest BCUT2D eigenvalue weighted by atomic mass is 9.92. The minimum absolute atomic E-state index is 0.329. The van der Waals surface area contributed by atoms with Gasteiger partial charge in [0.25, 0.3) is 0 Å². The average Bonchev–Trinajstić information content (AvgIpc) is 2.56. The zero-order chi connectivity index (χ0) is 17.3. The summed E-state index contributed by atoms with van der Waals surface area (Å²) in [5, 5.41) is 0. The molecule has 24 heavy (non-hydrogen) atoms. The average molecular weight is 352 g/mol. The van der Waals surface area contributed by atoms with Crippen LogP contribution in [0.15, 0.2) is 0 Å². The first kappa shape index (κ1) is 20.0. The molecule has 2 rings (SSSR count). The Morgan fingerprint density at radius 1 is 0.708 bits per heavy atom. The second kappa shape index (κ2) is 10.6. The van der Waals surface area contributed by atoms with Gasteiger partial charge in [-0.3, -0.25) is 4.79 Å². The van der Waals surface area contributed by atoms with Crippen LogP contribution in [0, 0.1) is 5.92 Å². The van der Waals surface area contributed by atoms with E-state index in [9.17, 15) is 4.79 Å². The van der Waals surface area contributed by atoms with Gasteiger partial charge in [-0.1, -0.05) is 83.7 Å². The summed E-state index contributed by atoms with van der Waals surface area (Å²) in [6.07, 6.45) is 17.4. The number of carbonyl (C=O) groups is 1. The van der Waals surface area contributed by atoms with Crippen molar-refractivity contribution in [2.45, 2.75) is 109 Å². The van der Waals surface area contributed by atoms with Gasteiger partial charge in [0.05, 0.1) is 8.07 Å². The van der Waals surface area contributed by atoms with Crippen molar-refractivity contribution in [1.82, 2.24) is 4.90 Å². The molecule has 2 nitrogen and oxygen atoms in total. The summed E-state index contributed by atoms with van der Waals surface area (Å²) in [5.41, 5.74) is 0. The second-order valence-electron chi connectivity index (χ2n) is 9.15. The van der Waals surface area contributed by atoms with E-state index in [1.165, 1.54) is 82.7 Å². The third kappa shape index (κ3) is 7.29. The van der Waals surface area contributed by atoms with Crippen LogP contribution in [0.2, 0.25) is 25.2 Å². The van der Waals surface area contributed by atoms with Gasteiger partial charge in [0, 0.05) is 19.0 Å². The first-order valence-corrected chi connectivity index (χ1v) is 14.3. The van der Waals surface area contributed by atoms with Crippen LogP contribution in [0.1, 0.15) is 83.5 Å². The van der Waals surface area contributed by atoms with E-state index < -0.39 is 8.07 Å². The summed E-state index contributed by atoms with van der Waals surface area (Å²) in [5.74, 6) is 0.836. The molecule has 0 bridgehead atoms. The van der Waals surface area contributed by atoms with Crippen LogP contribution >= 0.6 is 0 Å². The molecule has 1 aliphatic carbocycles. The lowest BCUT2D eigenvalue weighted by Gasteiger charge is -2.37. The van der Waals surface area contributed by atoms with Crippen molar-refractivity contribution in [3.63, 3.8) is 0 Å². The molecule has 0 aromatic rings. The van der Waals surface area contributed by atoms with Crippen molar-refractivity contribution < 1.29 is 4.79 Å². The minimum atomic E-state index is -0.977. The molecule has 0 N–H and O–H groups in total. The number of nitrogens with zero attached hydrogens (tertiary/aromatic N) is 1. The fraction of sp³-hybridized carbons (Fsp3) is 0.952. The van der Waals surface area contributed by atoms with Crippen molar-refractivity contribution in [3.8, 4) is 0 Å². The van der Waals surface area contributed by atoms with Gasteiger partial charge in [-0.05, 0) is 24.9 Å². The first-order chi connectivity index (χ1) is 11.6. The van der Waals surface area contributed by atoms with E-state index in [4.69, 9.17) is 0 Å². The molecule has 0 radical (unpaired) electrons. The Hall–Kier alpha value is -0.313. The number of rotatable bonds is 1. The molecule has 1 saturated heterocycles. The van der Waals surface area contributed by atoms with Crippen LogP contribution in [0.4, 0.5) is 0 Å². The maximum Gasteiger partial charge on any atom is 0.225 e. The number of amides is 1. The quantitative estimate of drug-likeness (QED) is 0.512. The van der Waals surface area contributed by atoms with E-state index in [1.54, 1.807) is 0 Å². The van der Waals surface area contributed by atoms with E-state index in [-0.39, 0.29) is 0 Å². The van der Waals surface area contributed by atoms with Gasteiger partial charge in [-0.2, -0.15) is 0 Å². The van der Waals surface area contributed by atoms with Gasteiger partial charge in [-0.25, -0.2) is 0 Å². The summed E-state index contributed by atoms with van der Waals surface area (Å²) >= 11 is 0. The maximum absolute atomic E-state index is 13.0. The number of hydrogen-bond acceptors (Lipinski definition) is 1. The van der Waals surface area contributed by atoms with Crippen LogP contribution in [-0.2, 0) is 4.79 Å². The molecule has 0 aromatic carbocycles. The fourth-order valence-electron chi connectivity index (χ4n) is 4.35. The fourth-order valence-corrected chi connectivity index (χ4v) is 6.35. The van der Waals surface area contributed by atoms with Gasteiger partial charge < -0.3 is 4.90 Å².